The average molecular weight is 369 g/mol. The van der Waals surface area contributed by atoms with Gasteiger partial charge in [0, 0.05) is 12.3 Å². The Morgan fingerprint density at radius 3 is 2.63 bits per heavy atom. The summed E-state index contributed by atoms with van der Waals surface area (Å²) in [4.78, 5) is 28.4. The van der Waals surface area contributed by atoms with E-state index in [1.165, 1.54) is 6.08 Å². The summed E-state index contributed by atoms with van der Waals surface area (Å²) in [6.45, 7) is 3.87. The maximum absolute atomic E-state index is 12.3. The Balaban J connectivity index is 1.91. The van der Waals surface area contributed by atoms with Crippen molar-refractivity contribution < 1.29 is 19.1 Å². The van der Waals surface area contributed by atoms with Gasteiger partial charge in [-0.25, -0.2) is 4.98 Å². The molecular weight excluding hydrogens is 346 g/mol. The summed E-state index contributed by atoms with van der Waals surface area (Å²) in [5.74, 6) is 0.342. The smallest absolute Gasteiger partial charge is 0.246 e. The molecule has 0 aliphatic heterocycles. The van der Waals surface area contributed by atoms with Crippen LogP contribution in [0.25, 0.3) is 6.08 Å². The second-order valence-electron chi connectivity index (χ2n) is 5.62. The second kappa shape index (κ2) is 9.96. The van der Waals surface area contributed by atoms with Gasteiger partial charge in [0.2, 0.25) is 17.7 Å². The van der Waals surface area contributed by atoms with E-state index in [0.29, 0.717) is 18.2 Å². The number of methoxy groups -OCH3 is 1. The zero-order chi connectivity index (χ0) is 19.6. The molecule has 1 unspecified atom stereocenters. The number of nitrogens with one attached hydrogen (secondary N) is 2. The summed E-state index contributed by atoms with van der Waals surface area (Å²) in [6, 6.07) is 9.92. The van der Waals surface area contributed by atoms with E-state index in [1.807, 2.05) is 19.1 Å². The van der Waals surface area contributed by atoms with Crippen LogP contribution in [0.15, 0.2) is 48.7 Å². The minimum atomic E-state index is -0.729. The van der Waals surface area contributed by atoms with Crippen molar-refractivity contribution in [2.75, 3.05) is 19.0 Å². The van der Waals surface area contributed by atoms with Gasteiger partial charge in [-0.2, -0.15) is 0 Å². The molecule has 7 heteroatoms. The lowest BCUT2D eigenvalue weighted by Crippen LogP contribution is -2.40. The molecule has 27 heavy (non-hydrogen) atoms. The van der Waals surface area contributed by atoms with Crippen LogP contribution < -0.4 is 20.1 Å². The molecule has 142 valence electrons. The lowest BCUT2D eigenvalue weighted by atomic mass is 10.2. The van der Waals surface area contributed by atoms with Crippen molar-refractivity contribution in [3.63, 3.8) is 0 Å². The summed E-state index contributed by atoms with van der Waals surface area (Å²) >= 11 is 0. The Morgan fingerprint density at radius 1 is 1.22 bits per heavy atom. The summed E-state index contributed by atoms with van der Waals surface area (Å²) in [5, 5.41) is 5.33. The Bertz CT molecular complexity index is 803. The third-order valence-corrected chi connectivity index (χ3v) is 3.61. The van der Waals surface area contributed by atoms with Gasteiger partial charge in [0.25, 0.3) is 0 Å². The Labute approximate surface area is 158 Å². The molecule has 2 rings (SSSR count). The number of amides is 2. The maximum atomic E-state index is 12.3. The molecule has 2 N–H and O–H groups in total. The summed E-state index contributed by atoms with van der Waals surface area (Å²) < 4.78 is 10.5. The van der Waals surface area contributed by atoms with Gasteiger partial charge in [0.05, 0.1) is 13.7 Å². The lowest BCUT2D eigenvalue weighted by Gasteiger charge is -2.14. The normalized spacial score (nSPS) is 11.7. The van der Waals surface area contributed by atoms with E-state index in [4.69, 9.17) is 9.47 Å². The molecule has 0 fully saturated rings. The molecule has 7 nitrogen and oxygen atoms in total. The first-order valence-electron chi connectivity index (χ1n) is 8.54. The fourth-order valence-electron chi connectivity index (χ4n) is 2.19. The SMILES string of the molecule is CCOc1ncccc1NC(=O)C(C)NC(=O)/C=C/c1ccc(OC)cc1. The van der Waals surface area contributed by atoms with Crippen LogP contribution in [0.2, 0.25) is 0 Å². The second-order valence-corrected chi connectivity index (χ2v) is 5.62. The van der Waals surface area contributed by atoms with E-state index >= 15 is 0 Å². The predicted molar refractivity (Wildman–Crippen MR) is 104 cm³/mol. The summed E-state index contributed by atoms with van der Waals surface area (Å²) in [7, 11) is 1.59. The molecular formula is C20H23N3O4. The molecule has 0 aliphatic rings. The number of carbonyl (C=O) groups excluding carboxylic acids is 2. The van der Waals surface area contributed by atoms with Gasteiger partial charge < -0.3 is 20.1 Å². The monoisotopic (exact) mass is 369 g/mol. The van der Waals surface area contributed by atoms with Crippen LogP contribution in [0, 0.1) is 0 Å². The standard InChI is InChI=1S/C20H23N3O4/c1-4-27-20-17(6-5-13-21-20)23-19(25)14(2)22-18(24)12-9-15-7-10-16(26-3)11-8-15/h5-14H,4H2,1-3H3,(H,22,24)(H,23,25)/b12-9+. The van der Waals surface area contributed by atoms with Crippen molar-refractivity contribution in [3.05, 3.63) is 54.2 Å². The molecule has 1 heterocycles. The minimum absolute atomic E-state index is 0.339. The third-order valence-electron chi connectivity index (χ3n) is 3.61. The molecule has 2 aromatic rings. The Hall–Kier alpha value is -3.35. The van der Waals surface area contributed by atoms with Gasteiger partial charge >= 0.3 is 0 Å². The van der Waals surface area contributed by atoms with Gasteiger partial charge in [-0.15, -0.1) is 0 Å². The molecule has 1 aromatic carbocycles. The number of hydrogen-bond donors (Lipinski definition) is 2. The zero-order valence-corrected chi connectivity index (χ0v) is 15.6. The van der Waals surface area contributed by atoms with Gasteiger partial charge in [-0.05, 0) is 49.8 Å². The molecule has 1 aromatic heterocycles. The minimum Gasteiger partial charge on any atom is -0.497 e. The van der Waals surface area contributed by atoms with E-state index in [2.05, 4.69) is 15.6 Å². The number of aromatic nitrogens is 1. The largest absolute Gasteiger partial charge is 0.497 e. The van der Waals surface area contributed by atoms with Crippen LogP contribution >= 0.6 is 0 Å². The number of ether oxygens (including phenoxy) is 2. The predicted octanol–water partition coefficient (Wildman–Crippen LogP) is 2.65. The number of carbonyl (C=O) groups is 2. The van der Waals surface area contributed by atoms with Crippen LogP contribution in [-0.2, 0) is 9.59 Å². The number of hydrogen-bond acceptors (Lipinski definition) is 5. The average Bonchev–Trinajstić information content (AvgIpc) is 2.68. The van der Waals surface area contributed by atoms with Crippen LogP contribution in [0.4, 0.5) is 5.69 Å². The van der Waals surface area contributed by atoms with Gasteiger partial charge in [-0.1, -0.05) is 12.1 Å². The third kappa shape index (κ3) is 6.14. The maximum Gasteiger partial charge on any atom is 0.246 e. The molecule has 0 saturated heterocycles. The molecule has 2 amide bonds. The highest BCUT2D eigenvalue weighted by Crippen LogP contribution is 2.20. The Kier molecular flexibility index (Phi) is 7.37. The van der Waals surface area contributed by atoms with Crippen LogP contribution in [0.3, 0.4) is 0 Å². The van der Waals surface area contributed by atoms with E-state index in [1.54, 1.807) is 50.6 Å². The van der Waals surface area contributed by atoms with Crippen molar-refractivity contribution in [1.82, 2.24) is 10.3 Å². The van der Waals surface area contributed by atoms with E-state index in [9.17, 15) is 9.59 Å². The number of anilines is 1. The first-order valence-corrected chi connectivity index (χ1v) is 8.54. The van der Waals surface area contributed by atoms with Crippen molar-refractivity contribution in [3.8, 4) is 11.6 Å². The quantitative estimate of drug-likeness (QED) is 0.698. The molecule has 0 aliphatic carbocycles. The lowest BCUT2D eigenvalue weighted by molar-refractivity contribution is -0.123. The van der Waals surface area contributed by atoms with Gasteiger partial charge in [0.15, 0.2) is 0 Å². The van der Waals surface area contributed by atoms with Crippen LogP contribution in [0.5, 0.6) is 11.6 Å². The summed E-state index contributed by atoms with van der Waals surface area (Å²) in [6.07, 6.45) is 4.62. The highest BCUT2D eigenvalue weighted by atomic mass is 16.5. The van der Waals surface area contributed by atoms with Crippen LogP contribution in [-0.4, -0.2) is 36.6 Å². The number of rotatable bonds is 8. The highest BCUT2D eigenvalue weighted by molar-refractivity contribution is 6.00. The van der Waals surface area contributed by atoms with Crippen molar-refractivity contribution in [2.45, 2.75) is 19.9 Å². The molecule has 0 radical (unpaired) electrons. The molecule has 0 saturated carbocycles. The number of nitrogens with zero attached hydrogens (tertiary/aromatic N) is 1. The van der Waals surface area contributed by atoms with Crippen LogP contribution in [0.1, 0.15) is 19.4 Å². The van der Waals surface area contributed by atoms with E-state index < -0.39 is 6.04 Å². The van der Waals surface area contributed by atoms with Crippen molar-refractivity contribution in [2.24, 2.45) is 0 Å². The Morgan fingerprint density at radius 2 is 1.96 bits per heavy atom. The van der Waals surface area contributed by atoms with E-state index in [-0.39, 0.29) is 11.8 Å². The van der Waals surface area contributed by atoms with Gasteiger partial charge in [0.1, 0.15) is 17.5 Å². The molecule has 1 atom stereocenters. The first kappa shape index (κ1) is 20.0. The zero-order valence-electron chi connectivity index (χ0n) is 15.6. The molecule has 0 bridgehead atoms. The van der Waals surface area contributed by atoms with Crippen molar-refractivity contribution >= 4 is 23.6 Å². The number of pyridine rings is 1. The molecule has 0 spiro atoms. The topological polar surface area (TPSA) is 89.5 Å². The fourth-order valence-corrected chi connectivity index (χ4v) is 2.19. The van der Waals surface area contributed by atoms with E-state index in [0.717, 1.165) is 11.3 Å². The van der Waals surface area contributed by atoms with Crippen molar-refractivity contribution in [1.29, 1.82) is 0 Å². The van der Waals surface area contributed by atoms with Gasteiger partial charge in [-0.3, -0.25) is 9.59 Å². The number of benzene rings is 1. The first-order chi connectivity index (χ1) is 13.0. The fraction of sp³-hybridized carbons (Fsp3) is 0.250. The summed E-state index contributed by atoms with van der Waals surface area (Å²) in [5.41, 5.74) is 1.30. The highest BCUT2D eigenvalue weighted by Gasteiger charge is 2.16.